The molecule has 0 saturated heterocycles. The Morgan fingerprint density at radius 1 is 1.16 bits per heavy atom. The zero-order valence-corrected chi connectivity index (χ0v) is 13.0. The number of amides is 1. The van der Waals surface area contributed by atoms with Gasteiger partial charge in [-0.15, -0.1) is 0 Å². The number of benzene rings is 1. The second-order valence-corrected chi connectivity index (χ2v) is 5.68. The molecule has 1 amide bonds. The number of carboxylic acids is 1. The standard InChI is InChI=1S/C16H14N4O5/c21-15(13-7-18-14(8-17-13)16(22)23)19(11-5-6-11)9-10-1-3-12(4-2-10)20(24)25/h1-4,7-8,11H,5-6,9H2,(H,22,23). The first kappa shape index (κ1) is 16.5. The maximum atomic E-state index is 12.7. The van der Waals surface area contributed by atoms with Crippen LogP contribution in [0.15, 0.2) is 36.7 Å². The van der Waals surface area contributed by atoms with E-state index >= 15 is 0 Å². The molecule has 1 fully saturated rings. The Labute approximate surface area is 142 Å². The number of aromatic nitrogens is 2. The summed E-state index contributed by atoms with van der Waals surface area (Å²) in [4.78, 5) is 42.9. The molecule has 0 spiro atoms. The van der Waals surface area contributed by atoms with Crippen LogP contribution in [0.5, 0.6) is 0 Å². The van der Waals surface area contributed by atoms with Crippen LogP contribution in [0.3, 0.4) is 0 Å². The van der Waals surface area contributed by atoms with Gasteiger partial charge in [0.2, 0.25) is 0 Å². The zero-order chi connectivity index (χ0) is 18.0. The molecule has 2 aromatic rings. The molecule has 9 nitrogen and oxygen atoms in total. The van der Waals surface area contributed by atoms with Crippen LogP contribution in [0.25, 0.3) is 0 Å². The van der Waals surface area contributed by atoms with Gasteiger partial charge in [-0.05, 0) is 18.4 Å². The summed E-state index contributed by atoms with van der Waals surface area (Å²) in [5, 5.41) is 19.5. The second-order valence-electron chi connectivity index (χ2n) is 5.68. The van der Waals surface area contributed by atoms with Gasteiger partial charge >= 0.3 is 5.97 Å². The smallest absolute Gasteiger partial charge is 0.356 e. The van der Waals surface area contributed by atoms with E-state index in [-0.39, 0.29) is 29.0 Å². The molecule has 1 heterocycles. The lowest BCUT2D eigenvalue weighted by Crippen LogP contribution is -2.33. The van der Waals surface area contributed by atoms with E-state index in [0.717, 1.165) is 30.8 Å². The van der Waals surface area contributed by atoms with Gasteiger partial charge in [-0.1, -0.05) is 12.1 Å². The minimum Gasteiger partial charge on any atom is -0.476 e. The van der Waals surface area contributed by atoms with E-state index in [1.165, 1.54) is 12.1 Å². The average molecular weight is 342 g/mol. The van der Waals surface area contributed by atoms with Crippen molar-refractivity contribution < 1.29 is 19.6 Å². The van der Waals surface area contributed by atoms with Gasteiger partial charge in [0.15, 0.2) is 5.69 Å². The number of hydrogen-bond acceptors (Lipinski definition) is 6. The van der Waals surface area contributed by atoms with Gasteiger partial charge in [0.05, 0.1) is 17.3 Å². The van der Waals surface area contributed by atoms with E-state index in [0.29, 0.717) is 6.54 Å². The minimum atomic E-state index is -1.21. The van der Waals surface area contributed by atoms with E-state index in [4.69, 9.17) is 5.11 Å². The van der Waals surface area contributed by atoms with Crippen LogP contribution >= 0.6 is 0 Å². The highest BCUT2D eigenvalue weighted by molar-refractivity contribution is 5.93. The second kappa shape index (κ2) is 6.63. The Hall–Kier alpha value is -3.36. The molecule has 1 aliphatic carbocycles. The lowest BCUT2D eigenvalue weighted by Gasteiger charge is -2.22. The first-order valence-corrected chi connectivity index (χ1v) is 7.55. The first-order valence-electron chi connectivity index (χ1n) is 7.55. The monoisotopic (exact) mass is 342 g/mol. The van der Waals surface area contributed by atoms with Crippen LogP contribution in [-0.4, -0.2) is 42.8 Å². The summed E-state index contributed by atoms with van der Waals surface area (Å²) in [5.41, 5.74) is 0.591. The van der Waals surface area contributed by atoms with Crippen molar-refractivity contribution in [3.8, 4) is 0 Å². The number of hydrogen-bond donors (Lipinski definition) is 1. The summed E-state index contributed by atoms with van der Waals surface area (Å²) in [6.07, 6.45) is 3.95. The van der Waals surface area contributed by atoms with Crippen molar-refractivity contribution >= 4 is 17.6 Å². The third-order valence-electron chi connectivity index (χ3n) is 3.84. The number of nitro benzene ring substituents is 1. The Morgan fingerprint density at radius 2 is 1.76 bits per heavy atom. The van der Waals surface area contributed by atoms with E-state index < -0.39 is 10.9 Å². The van der Waals surface area contributed by atoms with Crippen LogP contribution < -0.4 is 0 Å². The fourth-order valence-corrected chi connectivity index (χ4v) is 2.37. The molecule has 1 N–H and O–H groups in total. The molecule has 0 bridgehead atoms. The van der Waals surface area contributed by atoms with E-state index in [2.05, 4.69) is 9.97 Å². The molecule has 1 saturated carbocycles. The minimum absolute atomic E-state index is 0.0109. The number of carboxylic acid groups (broad SMARTS) is 1. The van der Waals surface area contributed by atoms with Gasteiger partial charge in [0.1, 0.15) is 5.69 Å². The number of nitrogens with zero attached hydrogens (tertiary/aromatic N) is 4. The molecule has 25 heavy (non-hydrogen) atoms. The number of non-ortho nitro benzene ring substituents is 1. The highest BCUT2D eigenvalue weighted by Crippen LogP contribution is 2.29. The van der Waals surface area contributed by atoms with Crippen LogP contribution in [0.2, 0.25) is 0 Å². The predicted octanol–water partition coefficient (Wildman–Crippen LogP) is 1.89. The first-order chi connectivity index (χ1) is 12.0. The normalized spacial score (nSPS) is 13.3. The molecule has 3 rings (SSSR count). The van der Waals surface area contributed by atoms with Crippen LogP contribution in [0.1, 0.15) is 39.4 Å². The lowest BCUT2D eigenvalue weighted by molar-refractivity contribution is -0.384. The van der Waals surface area contributed by atoms with Crippen molar-refractivity contribution in [2.75, 3.05) is 0 Å². The topological polar surface area (TPSA) is 127 Å². The van der Waals surface area contributed by atoms with Gasteiger partial charge in [0.25, 0.3) is 11.6 Å². The largest absolute Gasteiger partial charge is 0.476 e. The molecule has 1 aromatic heterocycles. The highest BCUT2D eigenvalue weighted by Gasteiger charge is 2.33. The van der Waals surface area contributed by atoms with E-state index in [1.807, 2.05) is 0 Å². The summed E-state index contributed by atoms with van der Waals surface area (Å²) >= 11 is 0. The highest BCUT2D eigenvalue weighted by atomic mass is 16.6. The fraction of sp³-hybridized carbons (Fsp3) is 0.250. The van der Waals surface area contributed by atoms with Crippen molar-refractivity contribution in [3.05, 3.63) is 63.7 Å². The van der Waals surface area contributed by atoms with Gasteiger partial charge in [-0.2, -0.15) is 0 Å². The Morgan fingerprint density at radius 3 is 2.24 bits per heavy atom. The molecular weight excluding hydrogens is 328 g/mol. The average Bonchev–Trinajstić information content (AvgIpc) is 3.44. The molecule has 0 aliphatic heterocycles. The number of aromatic carboxylic acids is 1. The Bertz CT molecular complexity index is 815. The van der Waals surface area contributed by atoms with Gasteiger partial charge < -0.3 is 10.0 Å². The van der Waals surface area contributed by atoms with Crippen molar-refractivity contribution in [2.45, 2.75) is 25.4 Å². The van der Waals surface area contributed by atoms with Crippen LogP contribution in [0, 0.1) is 10.1 Å². The number of carbonyl (C=O) groups is 2. The van der Waals surface area contributed by atoms with Crippen LogP contribution in [0.4, 0.5) is 5.69 Å². The van der Waals surface area contributed by atoms with Gasteiger partial charge in [-0.3, -0.25) is 14.9 Å². The number of rotatable bonds is 6. The molecule has 0 atom stereocenters. The molecule has 128 valence electrons. The summed E-state index contributed by atoms with van der Waals surface area (Å²) in [6, 6.07) is 6.10. The maximum Gasteiger partial charge on any atom is 0.356 e. The predicted molar refractivity (Wildman–Crippen MR) is 85.0 cm³/mol. The van der Waals surface area contributed by atoms with Crippen molar-refractivity contribution in [2.24, 2.45) is 0 Å². The molecule has 9 heteroatoms. The van der Waals surface area contributed by atoms with Gasteiger partial charge in [0, 0.05) is 24.7 Å². The van der Waals surface area contributed by atoms with E-state index in [9.17, 15) is 19.7 Å². The molecular formula is C16H14N4O5. The number of nitro groups is 1. The fourth-order valence-electron chi connectivity index (χ4n) is 2.37. The Kier molecular flexibility index (Phi) is 4.38. The maximum absolute atomic E-state index is 12.7. The Balaban J connectivity index is 1.77. The number of carbonyl (C=O) groups excluding carboxylic acids is 1. The molecule has 1 aromatic carbocycles. The zero-order valence-electron chi connectivity index (χ0n) is 13.0. The van der Waals surface area contributed by atoms with Gasteiger partial charge in [-0.25, -0.2) is 14.8 Å². The van der Waals surface area contributed by atoms with Crippen molar-refractivity contribution in [1.29, 1.82) is 0 Å². The summed E-state index contributed by atoms with van der Waals surface area (Å²) in [6.45, 7) is 0.295. The quantitative estimate of drug-likeness (QED) is 0.627. The molecule has 0 radical (unpaired) electrons. The van der Waals surface area contributed by atoms with E-state index in [1.54, 1.807) is 17.0 Å². The summed E-state index contributed by atoms with van der Waals surface area (Å²) < 4.78 is 0. The molecule has 1 aliphatic rings. The third-order valence-corrected chi connectivity index (χ3v) is 3.84. The third kappa shape index (κ3) is 3.77. The lowest BCUT2D eigenvalue weighted by atomic mass is 10.2. The summed E-state index contributed by atoms with van der Waals surface area (Å²) in [7, 11) is 0. The van der Waals surface area contributed by atoms with Crippen molar-refractivity contribution in [1.82, 2.24) is 14.9 Å². The van der Waals surface area contributed by atoms with Crippen molar-refractivity contribution in [3.63, 3.8) is 0 Å². The van der Waals surface area contributed by atoms with Crippen LogP contribution in [-0.2, 0) is 6.54 Å². The SMILES string of the molecule is O=C(O)c1cnc(C(=O)N(Cc2ccc([N+](=O)[O-])cc2)C2CC2)cn1. The summed E-state index contributed by atoms with van der Waals surface area (Å²) in [5.74, 6) is -1.55. The molecule has 0 unspecified atom stereocenters.